The minimum atomic E-state index is -3.65. The minimum absolute atomic E-state index is 0.175. The summed E-state index contributed by atoms with van der Waals surface area (Å²) in [6.45, 7) is 3.70. The monoisotopic (exact) mass is 424 g/mol. The van der Waals surface area contributed by atoms with Crippen molar-refractivity contribution in [2.45, 2.75) is 18.4 Å². The van der Waals surface area contributed by atoms with Gasteiger partial charge in [0.15, 0.2) is 0 Å². The number of piperazine rings is 1. The van der Waals surface area contributed by atoms with Crippen molar-refractivity contribution in [3.63, 3.8) is 0 Å². The van der Waals surface area contributed by atoms with Crippen LogP contribution >= 0.6 is 0 Å². The quantitative estimate of drug-likeness (QED) is 0.698. The van der Waals surface area contributed by atoms with Crippen LogP contribution in [0.2, 0.25) is 0 Å². The molecule has 3 aromatic rings. The van der Waals surface area contributed by atoms with E-state index >= 15 is 0 Å². The van der Waals surface area contributed by atoms with Crippen LogP contribution in [0.3, 0.4) is 0 Å². The third-order valence-electron chi connectivity index (χ3n) is 5.48. The molecule has 1 N–H and O–H groups in total. The highest BCUT2D eigenvalue weighted by molar-refractivity contribution is 7.89. The van der Waals surface area contributed by atoms with E-state index in [-0.39, 0.29) is 24.0 Å². The lowest BCUT2D eigenvalue weighted by molar-refractivity contribution is 0.172. The molecule has 1 fully saturated rings. The number of benzene rings is 2. The lowest BCUT2D eigenvalue weighted by Gasteiger charge is -2.34. The highest BCUT2D eigenvalue weighted by Crippen LogP contribution is 2.25. The molecule has 1 aliphatic rings. The third-order valence-corrected chi connectivity index (χ3v) is 7.43. The fourth-order valence-corrected chi connectivity index (χ4v) is 5.32. The molecule has 0 atom stereocenters. The van der Waals surface area contributed by atoms with Crippen molar-refractivity contribution in [2.75, 3.05) is 26.2 Å². The van der Waals surface area contributed by atoms with Crippen LogP contribution in [-0.4, -0.2) is 54.8 Å². The van der Waals surface area contributed by atoms with Crippen molar-refractivity contribution in [1.82, 2.24) is 19.5 Å². The zero-order chi connectivity index (χ0) is 21.1. The number of aromatic nitrogens is 1. The van der Waals surface area contributed by atoms with Crippen LogP contribution in [0.4, 0.5) is 4.79 Å². The maximum absolute atomic E-state index is 13.2. The summed E-state index contributed by atoms with van der Waals surface area (Å²) in [6, 6.07) is 14.6. The molecule has 1 saturated heterocycles. The average molecular weight is 425 g/mol. The number of carbonyl (C=O) groups is 1. The summed E-state index contributed by atoms with van der Waals surface area (Å²) in [6.07, 6.45) is 3.25. The summed E-state index contributed by atoms with van der Waals surface area (Å²) in [7, 11) is -3.65. The number of fused-ring (bicyclic) bond motifs is 1. The molecule has 0 spiro atoms. The minimum Gasteiger partial charge on any atom is -0.334 e. The van der Waals surface area contributed by atoms with Crippen LogP contribution in [0.15, 0.2) is 65.8 Å². The number of rotatable bonds is 4. The van der Waals surface area contributed by atoms with Crippen LogP contribution in [0, 0.1) is 6.92 Å². The number of carbonyl (C=O) groups excluding carboxylic acids is 1. The normalized spacial score (nSPS) is 15.3. The average Bonchev–Trinajstić information content (AvgIpc) is 2.78. The lowest BCUT2D eigenvalue weighted by Crippen LogP contribution is -2.53. The number of aryl methyl sites for hydroxylation is 1. The molecule has 8 heteroatoms. The maximum Gasteiger partial charge on any atom is 0.317 e. The summed E-state index contributed by atoms with van der Waals surface area (Å²) < 4.78 is 27.9. The SMILES string of the molecule is Cc1ccccc1CNC(=O)N1CCN(S(=O)(=O)c2cccc3cnccc23)CC1. The summed E-state index contributed by atoms with van der Waals surface area (Å²) >= 11 is 0. The Labute approximate surface area is 176 Å². The molecule has 4 rings (SSSR count). The third kappa shape index (κ3) is 4.01. The predicted molar refractivity (Wildman–Crippen MR) is 115 cm³/mol. The Balaban J connectivity index is 1.41. The molecular weight excluding hydrogens is 400 g/mol. The van der Waals surface area contributed by atoms with Crippen molar-refractivity contribution >= 4 is 26.8 Å². The van der Waals surface area contributed by atoms with E-state index in [2.05, 4.69) is 10.3 Å². The van der Waals surface area contributed by atoms with Crippen molar-refractivity contribution in [3.8, 4) is 0 Å². The molecule has 2 amide bonds. The topological polar surface area (TPSA) is 82.6 Å². The Morgan fingerprint density at radius 1 is 1.03 bits per heavy atom. The summed E-state index contributed by atoms with van der Waals surface area (Å²) in [5.74, 6) is 0. The molecule has 0 bridgehead atoms. The fourth-order valence-electron chi connectivity index (χ4n) is 3.68. The molecule has 0 saturated carbocycles. The highest BCUT2D eigenvalue weighted by Gasteiger charge is 2.31. The van der Waals surface area contributed by atoms with Gasteiger partial charge in [-0.15, -0.1) is 0 Å². The van der Waals surface area contributed by atoms with Gasteiger partial charge in [0.2, 0.25) is 10.0 Å². The Bertz CT molecular complexity index is 1170. The van der Waals surface area contributed by atoms with Gasteiger partial charge in [-0.3, -0.25) is 4.98 Å². The van der Waals surface area contributed by atoms with Gasteiger partial charge in [-0.2, -0.15) is 4.31 Å². The highest BCUT2D eigenvalue weighted by atomic mass is 32.2. The molecule has 30 heavy (non-hydrogen) atoms. The van der Waals surface area contributed by atoms with Crippen molar-refractivity contribution in [2.24, 2.45) is 0 Å². The Morgan fingerprint density at radius 2 is 1.80 bits per heavy atom. The Hall–Kier alpha value is -2.97. The van der Waals surface area contributed by atoms with Gasteiger partial charge in [-0.1, -0.05) is 36.4 Å². The van der Waals surface area contributed by atoms with Crippen LogP contribution in [0.25, 0.3) is 10.8 Å². The Kier molecular flexibility index (Phi) is 5.69. The molecule has 0 unspecified atom stereocenters. The Morgan fingerprint density at radius 3 is 2.57 bits per heavy atom. The van der Waals surface area contributed by atoms with Gasteiger partial charge in [0.05, 0.1) is 4.90 Å². The van der Waals surface area contributed by atoms with Crippen LogP contribution in [-0.2, 0) is 16.6 Å². The molecule has 2 heterocycles. The van der Waals surface area contributed by atoms with E-state index in [0.29, 0.717) is 25.0 Å². The van der Waals surface area contributed by atoms with Crippen molar-refractivity contribution in [1.29, 1.82) is 0 Å². The number of hydrogen-bond acceptors (Lipinski definition) is 4. The zero-order valence-electron chi connectivity index (χ0n) is 16.8. The van der Waals surface area contributed by atoms with Gasteiger partial charge >= 0.3 is 6.03 Å². The van der Waals surface area contributed by atoms with Crippen molar-refractivity contribution < 1.29 is 13.2 Å². The molecule has 1 aromatic heterocycles. The largest absolute Gasteiger partial charge is 0.334 e. The second kappa shape index (κ2) is 8.41. The number of nitrogens with zero attached hydrogens (tertiary/aromatic N) is 3. The van der Waals surface area contributed by atoms with Gasteiger partial charge in [0.1, 0.15) is 0 Å². The van der Waals surface area contributed by atoms with Crippen LogP contribution in [0.5, 0.6) is 0 Å². The molecule has 7 nitrogen and oxygen atoms in total. The second-order valence-electron chi connectivity index (χ2n) is 7.33. The lowest BCUT2D eigenvalue weighted by atomic mass is 10.1. The van der Waals surface area contributed by atoms with E-state index < -0.39 is 10.0 Å². The molecule has 156 valence electrons. The van der Waals surface area contributed by atoms with Gasteiger partial charge < -0.3 is 10.2 Å². The number of urea groups is 1. The standard InChI is InChI=1S/C22H24N4O3S/c1-17-5-2-3-6-18(17)16-24-22(27)25-11-13-26(14-12-25)30(28,29)21-8-4-7-19-15-23-10-9-20(19)21/h2-10,15H,11-14,16H2,1H3,(H,24,27). The van der Waals surface area contributed by atoms with E-state index in [9.17, 15) is 13.2 Å². The predicted octanol–water partition coefficient (Wildman–Crippen LogP) is 2.76. The smallest absolute Gasteiger partial charge is 0.317 e. The first kappa shape index (κ1) is 20.3. The van der Waals surface area contributed by atoms with E-state index in [0.717, 1.165) is 16.5 Å². The van der Waals surface area contributed by atoms with Crippen LogP contribution in [0.1, 0.15) is 11.1 Å². The second-order valence-corrected chi connectivity index (χ2v) is 9.24. The van der Waals surface area contributed by atoms with E-state index in [1.807, 2.05) is 37.3 Å². The number of sulfonamides is 1. The van der Waals surface area contributed by atoms with Gasteiger partial charge in [0, 0.05) is 55.9 Å². The summed E-state index contributed by atoms with van der Waals surface area (Å²) in [5.41, 5.74) is 2.19. The summed E-state index contributed by atoms with van der Waals surface area (Å²) in [4.78, 5) is 18.5. The first-order chi connectivity index (χ1) is 14.5. The van der Waals surface area contributed by atoms with E-state index in [1.165, 1.54) is 4.31 Å². The molecular formula is C22H24N4O3S. The number of pyridine rings is 1. The fraction of sp³-hybridized carbons (Fsp3) is 0.273. The maximum atomic E-state index is 13.2. The number of hydrogen-bond donors (Lipinski definition) is 1. The van der Waals surface area contributed by atoms with E-state index in [4.69, 9.17) is 0 Å². The molecule has 1 aliphatic heterocycles. The van der Waals surface area contributed by atoms with E-state index in [1.54, 1.807) is 35.5 Å². The van der Waals surface area contributed by atoms with Gasteiger partial charge in [-0.05, 0) is 30.2 Å². The van der Waals surface area contributed by atoms with Gasteiger partial charge in [0.25, 0.3) is 0 Å². The first-order valence-corrected chi connectivity index (χ1v) is 11.3. The molecule has 2 aromatic carbocycles. The number of nitrogens with one attached hydrogen (secondary N) is 1. The number of amides is 2. The molecule has 0 radical (unpaired) electrons. The zero-order valence-corrected chi connectivity index (χ0v) is 17.6. The first-order valence-electron chi connectivity index (χ1n) is 9.87. The summed E-state index contributed by atoms with van der Waals surface area (Å²) in [5, 5.41) is 4.37. The molecule has 0 aliphatic carbocycles. The van der Waals surface area contributed by atoms with Crippen molar-refractivity contribution in [3.05, 3.63) is 72.1 Å². The van der Waals surface area contributed by atoms with Crippen LogP contribution < -0.4 is 5.32 Å². The van der Waals surface area contributed by atoms with Gasteiger partial charge in [-0.25, -0.2) is 13.2 Å².